The van der Waals surface area contributed by atoms with Gasteiger partial charge in [-0.05, 0) is 55.6 Å². The average molecular weight is 411 g/mol. The molecule has 4 nitrogen and oxygen atoms in total. The van der Waals surface area contributed by atoms with Crippen LogP contribution in [-0.4, -0.2) is 48.5 Å². The molecule has 0 spiro atoms. The molecule has 4 rings (SSSR count). The molecule has 1 heterocycles. The lowest BCUT2D eigenvalue weighted by atomic mass is 9.95. The Labute approximate surface area is 180 Å². The molecule has 5 heteroatoms. The number of anilines is 2. The number of hydrogen-bond donors (Lipinski definition) is 2. The van der Waals surface area contributed by atoms with Crippen molar-refractivity contribution in [1.29, 1.82) is 0 Å². The van der Waals surface area contributed by atoms with Crippen LogP contribution < -0.4 is 10.6 Å². The van der Waals surface area contributed by atoms with Crippen molar-refractivity contribution in [2.75, 3.05) is 43.9 Å². The molecule has 29 heavy (non-hydrogen) atoms. The summed E-state index contributed by atoms with van der Waals surface area (Å²) in [5.41, 5.74) is 3.78. The minimum absolute atomic E-state index is 0.608. The largest absolute Gasteiger partial charge is 0.381 e. The molecule has 2 aliphatic rings. The predicted molar refractivity (Wildman–Crippen MR) is 126 cm³/mol. The maximum atomic E-state index is 3.83. The number of rotatable bonds is 7. The smallest absolute Gasteiger partial charge is 0.0590 e. The van der Waals surface area contributed by atoms with Crippen LogP contribution in [0, 0.1) is 0 Å². The van der Waals surface area contributed by atoms with Gasteiger partial charge in [-0.2, -0.15) is 0 Å². The van der Waals surface area contributed by atoms with Crippen molar-refractivity contribution in [3.63, 3.8) is 0 Å². The van der Waals surface area contributed by atoms with Gasteiger partial charge in [0.25, 0.3) is 0 Å². The lowest BCUT2D eigenvalue weighted by molar-refractivity contribution is 0.233. The fourth-order valence-corrected chi connectivity index (χ4v) is 5.08. The molecular formula is C24H34N4S. The summed E-state index contributed by atoms with van der Waals surface area (Å²) in [6.45, 7) is 5.38. The highest BCUT2D eigenvalue weighted by Gasteiger charge is 2.17. The maximum absolute atomic E-state index is 3.83. The Hall–Kier alpha value is -1.69. The predicted octanol–water partition coefficient (Wildman–Crippen LogP) is 5.30. The van der Waals surface area contributed by atoms with Crippen molar-refractivity contribution in [2.45, 2.75) is 49.6 Å². The highest BCUT2D eigenvalue weighted by Crippen LogP contribution is 2.33. The SMILES string of the molecule is CN1CCN(Sc2ccc(NC3CCCCC3)c(NCc3ccccc3)c2)CC1. The highest BCUT2D eigenvalue weighted by atomic mass is 32.2. The van der Waals surface area contributed by atoms with Gasteiger partial charge in [-0.3, -0.25) is 0 Å². The van der Waals surface area contributed by atoms with E-state index >= 15 is 0 Å². The zero-order valence-electron chi connectivity index (χ0n) is 17.6. The van der Waals surface area contributed by atoms with Crippen molar-refractivity contribution in [2.24, 2.45) is 0 Å². The molecular weight excluding hydrogens is 376 g/mol. The summed E-state index contributed by atoms with van der Waals surface area (Å²) in [7, 11) is 2.21. The maximum Gasteiger partial charge on any atom is 0.0590 e. The van der Waals surface area contributed by atoms with E-state index in [1.807, 2.05) is 11.9 Å². The van der Waals surface area contributed by atoms with Crippen molar-refractivity contribution in [3.8, 4) is 0 Å². The van der Waals surface area contributed by atoms with Gasteiger partial charge in [-0.15, -0.1) is 0 Å². The molecule has 0 atom stereocenters. The van der Waals surface area contributed by atoms with Gasteiger partial charge in [0, 0.05) is 43.7 Å². The van der Waals surface area contributed by atoms with Crippen LogP contribution in [0.25, 0.3) is 0 Å². The van der Waals surface area contributed by atoms with E-state index in [-0.39, 0.29) is 0 Å². The highest BCUT2D eigenvalue weighted by molar-refractivity contribution is 7.97. The molecule has 2 fully saturated rings. The molecule has 1 saturated heterocycles. The molecule has 1 aliphatic carbocycles. The Morgan fingerprint density at radius 2 is 1.66 bits per heavy atom. The Morgan fingerprint density at radius 3 is 2.41 bits per heavy atom. The molecule has 0 radical (unpaired) electrons. The lowest BCUT2D eigenvalue weighted by Crippen LogP contribution is -2.40. The van der Waals surface area contributed by atoms with Crippen LogP contribution in [-0.2, 0) is 6.54 Å². The second kappa shape index (κ2) is 10.4. The molecule has 1 saturated carbocycles. The Balaban J connectivity index is 1.46. The van der Waals surface area contributed by atoms with Gasteiger partial charge in [0.15, 0.2) is 0 Å². The summed E-state index contributed by atoms with van der Waals surface area (Å²) in [5.74, 6) is 0. The number of nitrogens with zero attached hydrogens (tertiary/aromatic N) is 2. The van der Waals surface area contributed by atoms with Gasteiger partial charge in [-0.25, -0.2) is 4.31 Å². The Kier molecular flexibility index (Phi) is 7.36. The monoisotopic (exact) mass is 410 g/mol. The third-order valence-electron chi connectivity index (χ3n) is 5.98. The second-order valence-corrected chi connectivity index (χ2v) is 9.52. The molecule has 1 aliphatic heterocycles. The lowest BCUT2D eigenvalue weighted by Gasteiger charge is -2.31. The van der Waals surface area contributed by atoms with Gasteiger partial charge < -0.3 is 15.5 Å². The van der Waals surface area contributed by atoms with E-state index in [9.17, 15) is 0 Å². The number of nitrogens with one attached hydrogen (secondary N) is 2. The van der Waals surface area contributed by atoms with Crippen LogP contribution in [0.5, 0.6) is 0 Å². The van der Waals surface area contributed by atoms with Crippen LogP contribution in [0.4, 0.5) is 11.4 Å². The Morgan fingerprint density at radius 1 is 0.897 bits per heavy atom. The molecule has 2 N–H and O–H groups in total. The average Bonchev–Trinajstić information content (AvgIpc) is 2.77. The van der Waals surface area contributed by atoms with Gasteiger partial charge in [0.2, 0.25) is 0 Å². The topological polar surface area (TPSA) is 30.5 Å². The number of likely N-dealkylation sites (N-methyl/N-ethyl adjacent to an activating group) is 1. The standard InChI is InChI=1S/C24H34N4S/c1-27-14-16-28(17-15-27)29-22-12-13-23(26-21-10-6-3-7-11-21)24(18-22)25-19-20-8-4-2-5-9-20/h2,4-5,8-9,12-13,18,21,25-26H,3,6-7,10-11,14-17,19H2,1H3. The van der Waals surface area contributed by atoms with Crippen LogP contribution in [0.15, 0.2) is 53.4 Å². The third kappa shape index (κ3) is 6.14. The van der Waals surface area contributed by atoms with Gasteiger partial charge in [-0.1, -0.05) is 49.6 Å². The van der Waals surface area contributed by atoms with Crippen LogP contribution in [0.2, 0.25) is 0 Å². The minimum atomic E-state index is 0.608. The number of piperazine rings is 1. The summed E-state index contributed by atoms with van der Waals surface area (Å²) in [4.78, 5) is 3.72. The first kappa shape index (κ1) is 20.6. The summed E-state index contributed by atoms with van der Waals surface area (Å²) in [6.07, 6.45) is 6.66. The number of benzene rings is 2. The third-order valence-corrected chi connectivity index (χ3v) is 7.07. The van der Waals surface area contributed by atoms with Crippen LogP contribution in [0.3, 0.4) is 0 Å². The summed E-state index contributed by atoms with van der Waals surface area (Å²) in [5, 5.41) is 7.53. The summed E-state index contributed by atoms with van der Waals surface area (Å²) in [6, 6.07) is 18.2. The van der Waals surface area contributed by atoms with E-state index in [0.717, 1.165) is 32.7 Å². The first-order chi connectivity index (χ1) is 14.3. The normalized spacial score (nSPS) is 19.2. The summed E-state index contributed by atoms with van der Waals surface area (Å²) >= 11 is 1.90. The summed E-state index contributed by atoms with van der Waals surface area (Å²) < 4.78 is 2.49. The molecule has 0 aromatic heterocycles. The zero-order valence-corrected chi connectivity index (χ0v) is 18.4. The van der Waals surface area contributed by atoms with Gasteiger partial charge in [0.05, 0.1) is 11.4 Å². The molecule has 2 aromatic carbocycles. The van der Waals surface area contributed by atoms with E-state index < -0.39 is 0 Å². The van der Waals surface area contributed by atoms with Crippen LogP contribution in [0.1, 0.15) is 37.7 Å². The van der Waals surface area contributed by atoms with E-state index in [1.54, 1.807) is 0 Å². The van der Waals surface area contributed by atoms with Crippen LogP contribution >= 0.6 is 11.9 Å². The first-order valence-corrected chi connectivity index (χ1v) is 11.8. The zero-order chi connectivity index (χ0) is 19.9. The van der Waals surface area contributed by atoms with E-state index in [1.165, 1.54) is 53.9 Å². The molecule has 0 bridgehead atoms. The van der Waals surface area contributed by atoms with Crippen molar-refractivity contribution in [1.82, 2.24) is 9.21 Å². The second-order valence-electron chi connectivity index (χ2n) is 8.35. The van der Waals surface area contributed by atoms with E-state index in [2.05, 4.69) is 75.4 Å². The minimum Gasteiger partial charge on any atom is -0.381 e. The van der Waals surface area contributed by atoms with Crippen molar-refractivity contribution < 1.29 is 0 Å². The molecule has 0 unspecified atom stereocenters. The first-order valence-electron chi connectivity index (χ1n) is 11.1. The van der Waals surface area contributed by atoms with Crippen molar-refractivity contribution in [3.05, 3.63) is 54.1 Å². The van der Waals surface area contributed by atoms with Crippen molar-refractivity contribution >= 4 is 23.3 Å². The Bertz CT molecular complexity index is 753. The molecule has 156 valence electrons. The molecule has 2 aromatic rings. The van der Waals surface area contributed by atoms with Gasteiger partial charge >= 0.3 is 0 Å². The van der Waals surface area contributed by atoms with Gasteiger partial charge in [0.1, 0.15) is 0 Å². The van der Waals surface area contributed by atoms with E-state index in [0.29, 0.717) is 6.04 Å². The van der Waals surface area contributed by atoms with E-state index in [4.69, 9.17) is 0 Å². The quantitative estimate of drug-likeness (QED) is 0.605. The molecule has 0 amide bonds. The fraction of sp³-hybridized carbons (Fsp3) is 0.500. The number of hydrogen-bond acceptors (Lipinski definition) is 5. The fourth-order valence-electron chi connectivity index (χ4n) is 4.14.